The second-order valence-corrected chi connectivity index (χ2v) is 5.27. The molecule has 1 saturated heterocycles. The van der Waals surface area contributed by atoms with E-state index in [-0.39, 0.29) is 0 Å². The molecule has 1 aromatic rings. The molecular formula is C15H24N2. The van der Waals surface area contributed by atoms with Crippen LogP contribution in [0.5, 0.6) is 0 Å². The van der Waals surface area contributed by atoms with Gasteiger partial charge in [-0.3, -0.25) is 0 Å². The Bertz CT molecular complexity index is 352. The number of nitrogens with one attached hydrogen (secondary N) is 1. The lowest BCUT2D eigenvalue weighted by atomic mass is 10.1. The van der Waals surface area contributed by atoms with Crippen molar-refractivity contribution in [1.82, 2.24) is 4.90 Å². The molecule has 0 bridgehead atoms. The number of anilines is 1. The maximum absolute atomic E-state index is 3.71. The number of likely N-dealkylation sites (N-methyl/N-ethyl adjacent to an activating group) is 1. The quantitative estimate of drug-likeness (QED) is 0.858. The summed E-state index contributed by atoms with van der Waals surface area (Å²) in [6.45, 7) is 5.70. The van der Waals surface area contributed by atoms with Gasteiger partial charge in [0.1, 0.15) is 0 Å². The second-order valence-electron chi connectivity index (χ2n) is 5.27. The molecule has 2 rings (SSSR count). The van der Waals surface area contributed by atoms with Gasteiger partial charge < -0.3 is 10.2 Å². The zero-order valence-electron chi connectivity index (χ0n) is 11.2. The average molecular weight is 232 g/mol. The molecule has 2 nitrogen and oxygen atoms in total. The highest BCUT2D eigenvalue weighted by Crippen LogP contribution is 2.22. The first-order valence-electron chi connectivity index (χ1n) is 6.75. The molecule has 2 atom stereocenters. The molecule has 0 radical (unpaired) electrons. The van der Waals surface area contributed by atoms with E-state index < -0.39 is 0 Å². The molecule has 1 aliphatic rings. The maximum atomic E-state index is 3.71. The molecule has 1 N–H and O–H groups in total. The van der Waals surface area contributed by atoms with Gasteiger partial charge in [0, 0.05) is 24.3 Å². The van der Waals surface area contributed by atoms with E-state index in [1.165, 1.54) is 30.5 Å². The van der Waals surface area contributed by atoms with Crippen molar-refractivity contribution >= 4 is 5.69 Å². The molecule has 2 unspecified atom stereocenters. The lowest BCUT2D eigenvalue weighted by Gasteiger charge is -2.17. The lowest BCUT2D eigenvalue weighted by molar-refractivity contribution is 0.330. The first-order valence-corrected chi connectivity index (χ1v) is 6.75. The van der Waals surface area contributed by atoms with Gasteiger partial charge in [0.25, 0.3) is 0 Å². The van der Waals surface area contributed by atoms with Gasteiger partial charge >= 0.3 is 0 Å². The summed E-state index contributed by atoms with van der Waals surface area (Å²) >= 11 is 0. The lowest BCUT2D eigenvalue weighted by Crippen LogP contribution is -2.25. The third kappa shape index (κ3) is 3.01. The summed E-state index contributed by atoms with van der Waals surface area (Å²) in [6.07, 6.45) is 3.62. The third-order valence-electron chi connectivity index (χ3n) is 3.78. The predicted octanol–water partition coefficient (Wildman–Crippen LogP) is 3.14. The first-order chi connectivity index (χ1) is 8.20. The van der Waals surface area contributed by atoms with E-state index in [0.717, 1.165) is 6.54 Å². The Morgan fingerprint density at radius 2 is 2.12 bits per heavy atom. The number of benzene rings is 1. The van der Waals surface area contributed by atoms with Crippen LogP contribution >= 0.6 is 0 Å². The molecule has 2 heteroatoms. The highest BCUT2D eigenvalue weighted by molar-refractivity contribution is 5.52. The van der Waals surface area contributed by atoms with Gasteiger partial charge in [-0.05, 0) is 38.4 Å². The van der Waals surface area contributed by atoms with Gasteiger partial charge in [-0.1, -0.05) is 31.5 Å². The van der Waals surface area contributed by atoms with Gasteiger partial charge in [-0.25, -0.2) is 0 Å². The molecule has 1 heterocycles. The van der Waals surface area contributed by atoms with Crippen molar-refractivity contribution in [3.63, 3.8) is 0 Å². The van der Waals surface area contributed by atoms with Crippen LogP contribution in [0.4, 0.5) is 5.69 Å². The molecule has 0 spiro atoms. The van der Waals surface area contributed by atoms with Gasteiger partial charge in [-0.15, -0.1) is 0 Å². The van der Waals surface area contributed by atoms with Gasteiger partial charge in [0.05, 0.1) is 0 Å². The number of nitrogens with zero attached hydrogens (tertiary/aromatic N) is 1. The first kappa shape index (κ1) is 12.4. The van der Waals surface area contributed by atoms with Crippen LogP contribution in [0, 0.1) is 0 Å². The van der Waals surface area contributed by atoms with Crippen molar-refractivity contribution in [2.75, 3.05) is 18.9 Å². The van der Waals surface area contributed by atoms with E-state index in [4.69, 9.17) is 0 Å². The average Bonchev–Trinajstić information content (AvgIpc) is 2.61. The van der Waals surface area contributed by atoms with Crippen molar-refractivity contribution in [3.05, 3.63) is 29.8 Å². The van der Waals surface area contributed by atoms with Crippen LogP contribution < -0.4 is 5.32 Å². The van der Waals surface area contributed by atoms with Gasteiger partial charge in [-0.2, -0.15) is 0 Å². The summed E-state index contributed by atoms with van der Waals surface area (Å²) in [4.78, 5) is 2.43. The summed E-state index contributed by atoms with van der Waals surface area (Å²) in [6, 6.07) is 10.0. The van der Waals surface area contributed by atoms with Crippen LogP contribution in [0.15, 0.2) is 24.3 Å². The third-order valence-corrected chi connectivity index (χ3v) is 3.78. The topological polar surface area (TPSA) is 15.3 Å². The minimum Gasteiger partial charge on any atom is -0.381 e. The second kappa shape index (κ2) is 5.54. The molecular weight excluding hydrogens is 208 g/mol. The van der Waals surface area contributed by atoms with E-state index >= 15 is 0 Å². The highest BCUT2D eigenvalue weighted by atomic mass is 15.2. The standard InChI is InChI=1S/C15H24N2/c1-4-7-13-8-5-6-9-15(13)16-14-10-12(2)17(3)11-14/h5-6,8-9,12,14,16H,4,7,10-11H2,1-3H3. The van der Waals surface area contributed by atoms with E-state index in [1.54, 1.807) is 0 Å². The van der Waals surface area contributed by atoms with Crippen molar-refractivity contribution < 1.29 is 0 Å². The van der Waals surface area contributed by atoms with Crippen LogP contribution in [0.25, 0.3) is 0 Å². The molecule has 1 fully saturated rings. The van der Waals surface area contributed by atoms with E-state index in [9.17, 15) is 0 Å². The summed E-state index contributed by atoms with van der Waals surface area (Å²) in [7, 11) is 2.21. The number of para-hydroxylation sites is 1. The monoisotopic (exact) mass is 232 g/mol. The SMILES string of the molecule is CCCc1ccccc1NC1CC(C)N(C)C1. The molecule has 17 heavy (non-hydrogen) atoms. The fraction of sp³-hybridized carbons (Fsp3) is 0.600. The minimum absolute atomic E-state index is 0.605. The number of rotatable bonds is 4. The Hall–Kier alpha value is -1.02. The minimum atomic E-state index is 0.605. The van der Waals surface area contributed by atoms with Crippen LogP contribution in [0.2, 0.25) is 0 Å². The van der Waals surface area contributed by atoms with Crippen LogP contribution in [0.1, 0.15) is 32.3 Å². The zero-order chi connectivity index (χ0) is 12.3. The van der Waals surface area contributed by atoms with Gasteiger partial charge in [0.15, 0.2) is 0 Å². The Labute approximate surface area is 105 Å². The molecule has 1 aliphatic heterocycles. The van der Waals surface area contributed by atoms with Crippen LogP contribution in [0.3, 0.4) is 0 Å². The summed E-state index contributed by atoms with van der Waals surface area (Å²) in [5.41, 5.74) is 2.79. The molecule has 1 aromatic carbocycles. The highest BCUT2D eigenvalue weighted by Gasteiger charge is 2.26. The molecule has 0 saturated carbocycles. The normalized spacial score (nSPS) is 25.1. The van der Waals surface area contributed by atoms with Crippen molar-refractivity contribution in [2.24, 2.45) is 0 Å². The molecule has 0 aromatic heterocycles. The van der Waals surface area contributed by atoms with Crippen LogP contribution in [-0.4, -0.2) is 30.6 Å². The number of aryl methyl sites for hydroxylation is 1. The Morgan fingerprint density at radius 3 is 2.76 bits per heavy atom. The summed E-state index contributed by atoms with van der Waals surface area (Å²) in [5.74, 6) is 0. The van der Waals surface area contributed by atoms with Crippen molar-refractivity contribution in [1.29, 1.82) is 0 Å². The fourth-order valence-corrected chi connectivity index (χ4v) is 2.67. The maximum Gasteiger partial charge on any atom is 0.0403 e. The summed E-state index contributed by atoms with van der Waals surface area (Å²) in [5, 5.41) is 3.71. The Balaban J connectivity index is 2.03. The van der Waals surface area contributed by atoms with Gasteiger partial charge in [0.2, 0.25) is 0 Å². The van der Waals surface area contributed by atoms with Crippen molar-refractivity contribution in [2.45, 2.75) is 45.2 Å². The smallest absolute Gasteiger partial charge is 0.0403 e. The van der Waals surface area contributed by atoms with E-state index in [1.807, 2.05) is 0 Å². The molecule has 0 aliphatic carbocycles. The van der Waals surface area contributed by atoms with E-state index in [2.05, 4.69) is 55.4 Å². The number of hydrogen-bond donors (Lipinski definition) is 1. The summed E-state index contributed by atoms with van der Waals surface area (Å²) < 4.78 is 0. The Kier molecular flexibility index (Phi) is 4.06. The van der Waals surface area contributed by atoms with Crippen LogP contribution in [-0.2, 0) is 6.42 Å². The Morgan fingerprint density at radius 1 is 1.35 bits per heavy atom. The largest absolute Gasteiger partial charge is 0.381 e. The number of hydrogen-bond acceptors (Lipinski definition) is 2. The van der Waals surface area contributed by atoms with Crippen molar-refractivity contribution in [3.8, 4) is 0 Å². The molecule has 0 amide bonds. The van der Waals surface area contributed by atoms with E-state index in [0.29, 0.717) is 12.1 Å². The molecule has 94 valence electrons. The predicted molar refractivity (Wildman–Crippen MR) is 74.6 cm³/mol. The zero-order valence-corrected chi connectivity index (χ0v) is 11.2. The fourth-order valence-electron chi connectivity index (χ4n) is 2.67. The number of likely N-dealkylation sites (tertiary alicyclic amines) is 1.